The molecule has 0 N–H and O–H groups in total. The van der Waals surface area contributed by atoms with E-state index in [-0.39, 0.29) is 10.6 Å². The summed E-state index contributed by atoms with van der Waals surface area (Å²) in [6.45, 7) is 0. The lowest BCUT2D eigenvalue weighted by atomic mass is 10.1. The summed E-state index contributed by atoms with van der Waals surface area (Å²) in [5.74, 6) is 0. The minimum atomic E-state index is -0.301. The van der Waals surface area contributed by atoms with Gasteiger partial charge in [0, 0.05) is 15.9 Å². The van der Waals surface area contributed by atoms with Gasteiger partial charge >= 0.3 is 0 Å². The lowest BCUT2D eigenvalue weighted by molar-refractivity contribution is -0.425. The highest BCUT2D eigenvalue weighted by Crippen LogP contribution is 2.20. The molecule has 0 atom stereocenters. The Morgan fingerprint density at radius 2 is 1.50 bits per heavy atom. The van der Waals surface area contributed by atoms with E-state index in [9.17, 15) is 10.1 Å². The third-order valence-electron chi connectivity index (χ3n) is 3.23. The molecule has 0 aromatic heterocycles. The average molecular weight is 331 g/mol. The number of rotatable bonds is 6. The van der Waals surface area contributed by atoms with Gasteiger partial charge in [-0.25, -0.2) is 0 Å². The van der Waals surface area contributed by atoms with Gasteiger partial charge in [0.05, 0.1) is 11.3 Å². The molecule has 0 aliphatic rings. The predicted octanol–water partition coefficient (Wildman–Crippen LogP) is 4.99. The number of nitro groups is 1. The van der Waals surface area contributed by atoms with E-state index in [1.807, 2.05) is 61.0 Å². The van der Waals surface area contributed by atoms with E-state index in [2.05, 4.69) is 0 Å². The van der Waals surface area contributed by atoms with Gasteiger partial charge in [0.25, 0.3) is 5.70 Å². The van der Waals surface area contributed by atoms with Gasteiger partial charge in [-0.3, -0.25) is 10.1 Å². The minimum Gasteiger partial charge on any atom is -0.259 e. The lowest BCUT2D eigenvalue weighted by Gasteiger charge is -2.02. The normalized spacial score (nSPS) is 11.5. The second-order valence-corrected chi connectivity index (χ2v) is 6.45. The summed E-state index contributed by atoms with van der Waals surface area (Å²) in [4.78, 5) is 13.3. The Morgan fingerprint density at radius 3 is 1.95 bits per heavy atom. The molecule has 0 amide bonds. The topological polar surface area (TPSA) is 43.1 Å². The zero-order chi connectivity index (χ0) is 15.9. The third-order valence-corrected chi connectivity index (χ3v) is 4.72. The molecule has 0 radical (unpaired) electrons. The molecular formula is C17H17NO2S2. The van der Waals surface area contributed by atoms with Gasteiger partial charge in [0.15, 0.2) is 0 Å². The monoisotopic (exact) mass is 331 g/mol. The van der Waals surface area contributed by atoms with E-state index in [1.54, 1.807) is 29.6 Å². The molecule has 5 heteroatoms. The van der Waals surface area contributed by atoms with E-state index in [0.717, 1.165) is 20.9 Å². The van der Waals surface area contributed by atoms with E-state index in [4.69, 9.17) is 0 Å². The van der Waals surface area contributed by atoms with Crippen LogP contribution < -0.4 is 0 Å². The van der Waals surface area contributed by atoms with Crippen LogP contribution in [0.4, 0.5) is 0 Å². The summed E-state index contributed by atoms with van der Waals surface area (Å²) >= 11 is 3.31. The molecule has 0 saturated heterocycles. The summed E-state index contributed by atoms with van der Waals surface area (Å²) in [6.07, 6.45) is 5.99. The van der Waals surface area contributed by atoms with Crippen LogP contribution in [0.25, 0.3) is 6.08 Å². The van der Waals surface area contributed by atoms with Crippen LogP contribution in [0.1, 0.15) is 11.1 Å². The molecular weight excluding hydrogens is 314 g/mol. The van der Waals surface area contributed by atoms with E-state index < -0.39 is 0 Å². The fourth-order valence-corrected chi connectivity index (χ4v) is 2.83. The maximum absolute atomic E-state index is 11.3. The first-order valence-electron chi connectivity index (χ1n) is 6.74. The smallest absolute Gasteiger partial charge is 0.251 e. The second kappa shape index (κ2) is 8.06. The van der Waals surface area contributed by atoms with Crippen molar-refractivity contribution in [2.45, 2.75) is 16.2 Å². The Bertz CT molecular complexity index is 664. The maximum Gasteiger partial charge on any atom is 0.251 e. The van der Waals surface area contributed by atoms with Gasteiger partial charge in [0.1, 0.15) is 0 Å². The molecule has 22 heavy (non-hydrogen) atoms. The van der Waals surface area contributed by atoms with Gasteiger partial charge in [-0.1, -0.05) is 24.3 Å². The van der Waals surface area contributed by atoms with Crippen molar-refractivity contribution in [2.75, 3.05) is 12.5 Å². The second-order valence-electron chi connectivity index (χ2n) is 4.69. The number of thioether (sulfide) groups is 2. The summed E-state index contributed by atoms with van der Waals surface area (Å²) < 4.78 is 0. The molecule has 114 valence electrons. The average Bonchev–Trinajstić information content (AvgIpc) is 2.55. The summed E-state index contributed by atoms with van der Waals surface area (Å²) in [5.41, 5.74) is 2.00. The van der Waals surface area contributed by atoms with Crippen LogP contribution in [0.5, 0.6) is 0 Å². The molecule has 0 aliphatic heterocycles. The van der Waals surface area contributed by atoms with Gasteiger partial charge in [-0.15, -0.1) is 23.5 Å². The van der Waals surface area contributed by atoms with Gasteiger partial charge in [-0.2, -0.15) is 0 Å². The van der Waals surface area contributed by atoms with Crippen molar-refractivity contribution >= 4 is 29.6 Å². The van der Waals surface area contributed by atoms with Crippen LogP contribution in [0.3, 0.4) is 0 Å². The first-order valence-corrected chi connectivity index (χ1v) is 9.19. The molecule has 0 spiro atoms. The molecule has 2 aromatic carbocycles. The van der Waals surface area contributed by atoms with Crippen molar-refractivity contribution in [2.24, 2.45) is 0 Å². The molecule has 2 aromatic rings. The first-order chi connectivity index (χ1) is 10.6. The molecule has 3 nitrogen and oxygen atoms in total. The Kier molecular flexibility index (Phi) is 6.10. The number of nitrogens with zero attached hydrogens (tertiary/aromatic N) is 1. The van der Waals surface area contributed by atoms with E-state index in [1.165, 1.54) is 0 Å². The van der Waals surface area contributed by atoms with E-state index in [0.29, 0.717) is 6.42 Å². The molecule has 0 saturated carbocycles. The Morgan fingerprint density at radius 1 is 1.00 bits per heavy atom. The molecule has 0 heterocycles. The van der Waals surface area contributed by atoms with Crippen LogP contribution in [0.15, 0.2) is 64.0 Å². The van der Waals surface area contributed by atoms with Crippen molar-refractivity contribution in [3.63, 3.8) is 0 Å². The molecule has 0 bridgehead atoms. The van der Waals surface area contributed by atoms with E-state index >= 15 is 0 Å². The highest BCUT2D eigenvalue weighted by molar-refractivity contribution is 7.98. The van der Waals surface area contributed by atoms with Crippen LogP contribution in [-0.2, 0) is 6.42 Å². The van der Waals surface area contributed by atoms with Crippen LogP contribution >= 0.6 is 23.5 Å². The molecule has 2 rings (SSSR count). The fraction of sp³-hybridized carbons (Fsp3) is 0.176. The summed E-state index contributed by atoms with van der Waals surface area (Å²) in [5, 5.41) is 11.3. The highest BCUT2D eigenvalue weighted by atomic mass is 32.2. The summed E-state index contributed by atoms with van der Waals surface area (Å²) in [7, 11) is 0. The largest absolute Gasteiger partial charge is 0.259 e. The fourth-order valence-electron chi connectivity index (χ4n) is 2.01. The minimum absolute atomic E-state index is 0.203. The first kappa shape index (κ1) is 16.6. The third kappa shape index (κ3) is 4.64. The number of benzene rings is 2. The van der Waals surface area contributed by atoms with Crippen molar-refractivity contribution in [1.82, 2.24) is 0 Å². The quantitative estimate of drug-likeness (QED) is 0.425. The standard InChI is InChI=1S/C17H17NO2S2/c1-21-16-7-3-13(4-8-16)11-15(18(19)20)12-14-5-9-17(22-2)10-6-14/h3-11H,12H2,1-2H3/b15-11-. The SMILES string of the molecule is CSc1ccc(/C=C(/Cc2ccc(SC)cc2)[N+](=O)[O-])cc1. The lowest BCUT2D eigenvalue weighted by Crippen LogP contribution is -2.02. The Labute approximate surface area is 139 Å². The van der Waals surface area contributed by atoms with Crippen molar-refractivity contribution in [1.29, 1.82) is 0 Å². The zero-order valence-electron chi connectivity index (χ0n) is 12.5. The van der Waals surface area contributed by atoms with Gasteiger partial charge in [-0.05, 0) is 47.9 Å². The summed E-state index contributed by atoms with van der Waals surface area (Å²) in [6, 6.07) is 15.6. The number of allylic oxidation sites excluding steroid dienone is 1. The van der Waals surface area contributed by atoms with Crippen LogP contribution in [0, 0.1) is 10.1 Å². The highest BCUT2D eigenvalue weighted by Gasteiger charge is 2.12. The Hall–Kier alpha value is -1.72. The van der Waals surface area contributed by atoms with Crippen LogP contribution in [-0.4, -0.2) is 17.4 Å². The van der Waals surface area contributed by atoms with Gasteiger partial charge < -0.3 is 0 Å². The number of hydrogen-bond donors (Lipinski definition) is 0. The van der Waals surface area contributed by atoms with Gasteiger partial charge in [0.2, 0.25) is 0 Å². The number of hydrogen-bond acceptors (Lipinski definition) is 4. The molecule has 0 unspecified atom stereocenters. The maximum atomic E-state index is 11.3. The predicted molar refractivity (Wildman–Crippen MR) is 95.1 cm³/mol. The zero-order valence-corrected chi connectivity index (χ0v) is 14.1. The molecule has 0 aliphatic carbocycles. The van der Waals surface area contributed by atoms with Crippen molar-refractivity contribution < 1.29 is 4.92 Å². The van der Waals surface area contributed by atoms with Crippen molar-refractivity contribution in [3.8, 4) is 0 Å². The van der Waals surface area contributed by atoms with Crippen LogP contribution in [0.2, 0.25) is 0 Å². The van der Waals surface area contributed by atoms with Crippen molar-refractivity contribution in [3.05, 3.63) is 75.5 Å². The molecule has 0 fully saturated rings. The Balaban J connectivity index is 2.20.